The van der Waals surface area contributed by atoms with Crippen LogP contribution in [0, 0.1) is 6.92 Å². The first-order chi connectivity index (χ1) is 8.58. The van der Waals surface area contributed by atoms with Crippen LogP contribution in [0.2, 0.25) is 0 Å². The minimum absolute atomic E-state index is 0.367. The fraction of sp³-hybridized carbons (Fsp3) is 0.286. The average molecular weight is 389 g/mol. The first-order valence-electron chi connectivity index (χ1n) is 5.80. The van der Waals surface area contributed by atoms with E-state index < -0.39 is 0 Å². The number of thiophene rings is 1. The zero-order valence-electron chi connectivity index (χ0n) is 10.3. The Hall–Kier alpha value is -0.160. The molecule has 1 N–H and O–H groups in total. The van der Waals surface area contributed by atoms with Gasteiger partial charge in [0.25, 0.3) is 0 Å². The van der Waals surface area contributed by atoms with Gasteiger partial charge in [-0.1, -0.05) is 24.3 Å². The smallest absolute Gasteiger partial charge is 0.0843 e. The predicted octanol–water partition coefficient (Wildman–Crippen LogP) is 5.43. The van der Waals surface area contributed by atoms with Crippen LogP contribution < -0.4 is 5.32 Å². The van der Waals surface area contributed by atoms with Crippen LogP contribution in [0.25, 0.3) is 0 Å². The molecule has 2 aromatic rings. The van der Waals surface area contributed by atoms with Crippen molar-refractivity contribution in [2.24, 2.45) is 0 Å². The molecular formula is C14H15Br2NS. The van der Waals surface area contributed by atoms with E-state index in [1.54, 1.807) is 11.3 Å². The number of benzene rings is 1. The standard InChI is InChI=1S/C14H15Br2NS/c1-9-5-3-4-6-12(9)10(2)17-8-11-7-13(15)14(16)18-11/h3-7,10,17H,8H2,1-2H3/t10-/m0/s1. The summed E-state index contributed by atoms with van der Waals surface area (Å²) in [5, 5.41) is 3.57. The lowest BCUT2D eigenvalue weighted by Crippen LogP contribution is -2.18. The molecule has 0 fully saturated rings. The van der Waals surface area contributed by atoms with Crippen molar-refractivity contribution in [2.45, 2.75) is 26.4 Å². The lowest BCUT2D eigenvalue weighted by atomic mass is 10.0. The third-order valence-corrected chi connectivity index (χ3v) is 6.19. The van der Waals surface area contributed by atoms with Crippen LogP contribution in [-0.2, 0) is 6.54 Å². The van der Waals surface area contributed by atoms with Crippen LogP contribution in [0.4, 0.5) is 0 Å². The average Bonchev–Trinajstić information content (AvgIpc) is 2.66. The molecule has 1 heterocycles. The second-order valence-electron chi connectivity index (χ2n) is 4.29. The van der Waals surface area contributed by atoms with E-state index >= 15 is 0 Å². The van der Waals surface area contributed by atoms with Crippen molar-refractivity contribution in [1.29, 1.82) is 0 Å². The van der Waals surface area contributed by atoms with Gasteiger partial charge in [-0.2, -0.15) is 0 Å². The molecule has 1 nitrogen and oxygen atoms in total. The van der Waals surface area contributed by atoms with Gasteiger partial charge in [0.1, 0.15) is 0 Å². The van der Waals surface area contributed by atoms with Gasteiger partial charge in [0.2, 0.25) is 0 Å². The topological polar surface area (TPSA) is 12.0 Å². The Morgan fingerprint density at radius 2 is 2.00 bits per heavy atom. The van der Waals surface area contributed by atoms with E-state index in [0.29, 0.717) is 6.04 Å². The molecule has 1 aromatic carbocycles. The quantitative estimate of drug-likeness (QED) is 0.735. The van der Waals surface area contributed by atoms with E-state index in [9.17, 15) is 0 Å². The second-order valence-corrected chi connectivity index (χ2v) is 7.60. The maximum Gasteiger partial charge on any atom is 0.0843 e. The van der Waals surface area contributed by atoms with Gasteiger partial charge in [0.05, 0.1) is 3.79 Å². The van der Waals surface area contributed by atoms with Crippen molar-refractivity contribution in [3.8, 4) is 0 Å². The predicted molar refractivity (Wildman–Crippen MR) is 86.2 cm³/mol. The first kappa shape index (κ1) is 14.3. The van der Waals surface area contributed by atoms with Crippen LogP contribution in [-0.4, -0.2) is 0 Å². The first-order valence-corrected chi connectivity index (χ1v) is 8.21. The van der Waals surface area contributed by atoms with E-state index in [1.165, 1.54) is 16.0 Å². The maximum atomic E-state index is 3.57. The Morgan fingerprint density at radius 1 is 1.28 bits per heavy atom. The number of hydrogen-bond donors (Lipinski definition) is 1. The molecule has 0 saturated carbocycles. The highest BCUT2D eigenvalue weighted by Gasteiger charge is 2.09. The summed E-state index contributed by atoms with van der Waals surface area (Å²) in [7, 11) is 0. The molecule has 1 atom stereocenters. The Kier molecular flexibility index (Phi) is 5.01. The monoisotopic (exact) mass is 387 g/mol. The highest BCUT2D eigenvalue weighted by Crippen LogP contribution is 2.32. The van der Waals surface area contributed by atoms with E-state index in [2.05, 4.69) is 81.4 Å². The molecule has 96 valence electrons. The summed E-state index contributed by atoms with van der Waals surface area (Å²) in [5.41, 5.74) is 2.71. The van der Waals surface area contributed by atoms with Gasteiger partial charge in [0.15, 0.2) is 0 Å². The fourth-order valence-electron chi connectivity index (χ4n) is 1.91. The number of aryl methyl sites for hydroxylation is 1. The molecule has 0 bridgehead atoms. The summed E-state index contributed by atoms with van der Waals surface area (Å²) in [5.74, 6) is 0. The summed E-state index contributed by atoms with van der Waals surface area (Å²) in [6.45, 7) is 5.26. The van der Waals surface area contributed by atoms with Crippen LogP contribution in [0.1, 0.15) is 29.0 Å². The highest BCUT2D eigenvalue weighted by molar-refractivity contribution is 9.13. The van der Waals surface area contributed by atoms with Crippen LogP contribution in [0.3, 0.4) is 0 Å². The van der Waals surface area contributed by atoms with Crippen LogP contribution in [0.15, 0.2) is 38.6 Å². The molecule has 18 heavy (non-hydrogen) atoms. The zero-order valence-corrected chi connectivity index (χ0v) is 14.3. The maximum absolute atomic E-state index is 3.57. The fourth-order valence-corrected chi connectivity index (χ4v) is 4.04. The Bertz CT molecular complexity index is 517. The van der Waals surface area contributed by atoms with E-state index in [1.807, 2.05) is 0 Å². The SMILES string of the molecule is Cc1ccccc1[C@H](C)NCc1cc(Br)c(Br)s1. The molecule has 0 aliphatic rings. The molecule has 4 heteroatoms. The number of rotatable bonds is 4. The molecule has 0 aliphatic carbocycles. The third-order valence-electron chi connectivity index (χ3n) is 2.93. The summed E-state index contributed by atoms with van der Waals surface area (Å²) >= 11 is 8.80. The Morgan fingerprint density at radius 3 is 2.61 bits per heavy atom. The van der Waals surface area contributed by atoms with Gasteiger partial charge in [-0.15, -0.1) is 11.3 Å². The number of halogens is 2. The van der Waals surface area contributed by atoms with Gasteiger partial charge in [-0.05, 0) is 62.9 Å². The van der Waals surface area contributed by atoms with Gasteiger partial charge >= 0.3 is 0 Å². The summed E-state index contributed by atoms with van der Waals surface area (Å²) in [4.78, 5) is 1.33. The number of nitrogens with one attached hydrogen (secondary N) is 1. The molecule has 0 saturated heterocycles. The van der Waals surface area contributed by atoms with Gasteiger partial charge in [-0.3, -0.25) is 0 Å². The molecule has 1 aromatic heterocycles. The lowest BCUT2D eigenvalue weighted by Gasteiger charge is -2.15. The molecule has 0 aliphatic heterocycles. The second kappa shape index (κ2) is 6.33. The molecule has 2 rings (SSSR count). The minimum Gasteiger partial charge on any atom is -0.305 e. The van der Waals surface area contributed by atoms with Crippen molar-refractivity contribution in [3.63, 3.8) is 0 Å². The van der Waals surface area contributed by atoms with Crippen LogP contribution in [0.5, 0.6) is 0 Å². The van der Waals surface area contributed by atoms with Crippen molar-refractivity contribution < 1.29 is 0 Å². The van der Waals surface area contributed by atoms with Gasteiger partial charge in [-0.25, -0.2) is 0 Å². The molecule has 0 spiro atoms. The summed E-state index contributed by atoms with van der Waals surface area (Å²) in [6, 6.07) is 11.1. The van der Waals surface area contributed by atoms with Crippen molar-refractivity contribution in [2.75, 3.05) is 0 Å². The van der Waals surface area contributed by atoms with E-state index in [4.69, 9.17) is 0 Å². The number of hydrogen-bond acceptors (Lipinski definition) is 2. The summed E-state index contributed by atoms with van der Waals surface area (Å²) < 4.78 is 2.29. The van der Waals surface area contributed by atoms with Gasteiger partial charge < -0.3 is 5.32 Å². The molecule has 0 radical (unpaired) electrons. The third kappa shape index (κ3) is 3.44. The Labute approximate surface area is 129 Å². The van der Waals surface area contributed by atoms with E-state index in [0.717, 1.165) is 14.8 Å². The van der Waals surface area contributed by atoms with Crippen molar-refractivity contribution in [3.05, 3.63) is 54.6 Å². The van der Waals surface area contributed by atoms with E-state index in [-0.39, 0.29) is 0 Å². The largest absolute Gasteiger partial charge is 0.305 e. The lowest BCUT2D eigenvalue weighted by molar-refractivity contribution is 0.576. The Balaban J connectivity index is 2.00. The minimum atomic E-state index is 0.367. The van der Waals surface area contributed by atoms with Gasteiger partial charge in [0, 0.05) is 21.9 Å². The molecular weight excluding hydrogens is 374 g/mol. The molecule has 0 amide bonds. The zero-order chi connectivity index (χ0) is 13.1. The van der Waals surface area contributed by atoms with Crippen molar-refractivity contribution >= 4 is 43.2 Å². The highest BCUT2D eigenvalue weighted by atomic mass is 79.9. The normalized spacial score (nSPS) is 12.7. The molecule has 0 unspecified atom stereocenters. The summed E-state index contributed by atoms with van der Waals surface area (Å²) in [6.07, 6.45) is 0. The van der Waals surface area contributed by atoms with Crippen LogP contribution >= 0.6 is 43.2 Å². The van der Waals surface area contributed by atoms with Crippen molar-refractivity contribution in [1.82, 2.24) is 5.32 Å².